The van der Waals surface area contributed by atoms with Gasteiger partial charge in [-0.2, -0.15) is 0 Å². The number of hydrogen-bond acceptors (Lipinski definition) is 5. The summed E-state index contributed by atoms with van der Waals surface area (Å²) in [6, 6.07) is -1.71. The van der Waals surface area contributed by atoms with Crippen LogP contribution in [0.25, 0.3) is 0 Å². The van der Waals surface area contributed by atoms with Gasteiger partial charge < -0.3 is 24.8 Å². The molecule has 0 aromatic heterocycles. The Kier molecular flexibility index (Phi) is 6.41. The maximum absolute atomic E-state index is 12.2. The van der Waals surface area contributed by atoms with E-state index in [1.165, 1.54) is 7.11 Å². The second kappa shape index (κ2) is 7.82. The predicted octanol–water partition coefficient (Wildman–Crippen LogP) is 0.212. The molecule has 1 fully saturated rings. The number of esters is 1. The third kappa shape index (κ3) is 5.22. The molecule has 1 aliphatic heterocycles. The number of methoxy groups -OCH3 is 1. The van der Waals surface area contributed by atoms with Gasteiger partial charge in [-0.25, -0.2) is 9.59 Å². The lowest BCUT2D eigenvalue weighted by Gasteiger charge is -2.37. The van der Waals surface area contributed by atoms with Crippen LogP contribution in [0.2, 0.25) is 0 Å². The molecule has 0 radical (unpaired) electrons. The largest absolute Gasteiger partial charge is 0.480 e. The molecular weight excluding hydrogens is 280 g/mol. The van der Waals surface area contributed by atoms with Gasteiger partial charge in [-0.15, -0.1) is 0 Å². The van der Waals surface area contributed by atoms with Gasteiger partial charge >= 0.3 is 18.0 Å². The minimum Gasteiger partial charge on any atom is -0.480 e. The second-order valence-corrected chi connectivity index (χ2v) is 5.10. The van der Waals surface area contributed by atoms with Crippen LogP contribution in [-0.2, 0) is 19.1 Å². The molecule has 1 rings (SSSR count). The molecule has 0 spiro atoms. The van der Waals surface area contributed by atoms with Crippen molar-refractivity contribution in [1.82, 2.24) is 10.2 Å². The Morgan fingerprint density at radius 1 is 1.43 bits per heavy atom. The van der Waals surface area contributed by atoms with Crippen LogP contribution < -0.4 is 5.32 Å². The number of ether oxygens (including phenoxy) is 2. The first-order chi connectivity index (χ1) is 9.85. The number of carbonyl (C=O) groups is 3. The third-order valence-electron chi connectivity index (χ3n) is 3.33. The van der Waals surface area contributed by atoms with Crippen molar-refractivity contribution in [3.63, 3.8) is 0 Å². The number of carboxylic acid groups (broad SMARTS) is 1. The Hall–Kier alpha value is -1.83. The molecule has 8 nitrogen and oxygen atoms in total. The number of morpholine rings is 1. The standard InChI is InChI=1S/C13H22N2O6/c1-8-7-21-9(2)6-15(8)13(19)14-10(12(17)18)4-5-11(16)20-3/h8-10H,4-7H2,1-3H3,(H,14,19)(H,17,18)/t8?,9?,10-/m0/s1. The molecule has 3 atom stereocenters. The second-order valence-electron chi connectivity index (χ2n) is 5.10. The molecule has 2 amide bonds. The smallest absolute Gasteiger partial charge is 0.326 e. The number of rotatable bonds is 5. The number of aliphatic carboxylic acids is 1. The zero-order valence-corrected chi connectivity index (χ0v) is 12.5. The van der Waals surface area contributed by atoms with E-state index < -0.39 is 24.0 Å². The summed E-state index contributed by atoms with van der Waals surface area (Å²) in [5.74, 6) is -1.69. The SMILES string of the molecule is COC(=O)CC[C@H](NC(=O)N1CC(C)OCC1C)C(=O)O. The van der Waals surface area contributed by atoms with Gasteiger partial charge in [0.15, 0.2) is 0 Å². The predicted molar refractivity (Wildman–Crippen MR) is 72.8 cm³/mol. The van der Waals surface area contributed by atoms with Crippen LogP contribution in [0.3, 0.4) is 0 Å². The summed E-state index contributed by atoms with van der Waals surface area (Å²) < 4.78 is 9.88. The molecule has 0 aromatic carbocycles. The molecule has 1 heterocycles. The number of carboxylic acids is 1. The third-order valence-corrected chi connectivity index (χ3v) is 3.33. The lowest BCUT2D eigenvalue weighted by molar-refractivity contribution is -0.142. The van der Waals surface area contributed by atoms with E-state index in [1.54, 1.807) is 4.90 Å². The first-order valence-electron chi connectivity index (χ1n) is 6.83. The Morgan fingerprint density at radius 2 is 2.10 bits per heavy atom. The average molecular weight is 302 g/mol. The van der Waals surface area contributed by atoms with E-state index in [0.717, 1.165) is 0 Å². The van der Waals surface area contributed by atoms with Gasteiger partial charge in [0.2, 0.25) is 0 Å². The fourth-order valence-corrected chi connectivity index (χ4v) is 2.04. The van der Waals surface area contributed by atoms with E-state index in [1.807, 2.05) is 13.8 Å². The van der Waals surface area contributed by atoms with Gasteiger partial charge in [0.25, 0.3) is 0 Å². The van der Waals surface area contributed by atoms with Crippen LogP contribution in [0.15, 0.2) is 0 Å². The summed E-state index contributed by atoms with van der Waals surface area (Å²) in [5.41, 5.74) is 0. The molecule has 21 heavy (non-hydrogen) atoms. The van der Waals surface area contributed by atoms with Crippen LogP contribution >= 0.6 is 0 Å². The summed E-state index contributed by atoms with van der Waals surface area (Å²) in [6.45, 7) is 4.48. The van der Waals surface area contributed by atoms with Crippen molar-refractivity contribution in [2.75, 3.05) is 20.3 Å². The van der Waals surface area contributed by atoms with Crippen molar-refractivity contribution in [2.45, 2.75) is 44.9 Å². The van der Waals surface area contributed by atoms with E-state index in [9.17, 15) is 14.4 Å². The summed E-state index contributed by atoms with van der Waals surface area (Å²) >= 11 is 0. The first-order valence-corrected chi connectivity index (χ1v) is 6.83. The van der Waals surface area contributed by atoms with E-state index >= 15 is 0 Å². The van der Waals surface area contributed by atoms with Crippen molar-refractivity contribution >= 4 is 18.0 Å². The highest BCUT2D eigenvalue weighted by molar-refractivity contribution is 5.83. The first kappa shape index (κ1) is 17.2. The normalized spacial score (nSPS) is 23.3. The van der Waals surface area contributed by atoms with Crippen LogP contribution in [-0.4, -0.2) is 66.4 Å². The lowest BCUT2D eigenvalue weighted by Crippen LogP contribution is -2.56. The van der Waals surface area contributed by atoms with Crippen molar-refractivity contribution in [3.8, 4) is 0 Å². The van der Waals surface area contributed by atoms with Gasteiger partial charge in [0.05, 0.1) is 25.9 Å². The monoisotopic (exact) mass is 302 g/mol. The number of hydrogen-bond donors (Lipinski definition) is 2. The highest BCUT2D eigenvalue weighted by Gasteiger charge is 2.30. The number of carbonyl (C=O) groups excluding carboxylic acids is 2. The molecule has 0 bridgehead atoms. The van der Waals surface area contributed by atoms with Gasteiger partial charge in [0, 0.05) is 13.0 Å². The molecule has 0 aromatic rings. The van der Waals surface area contributed by atoms with Crippen molar-refractivity contribution < 1.29 is 29.0 Å². The Bertz CT molecular complexity index is 400. The van der Waals surface area contributed by atoms with Gasteiger partial charge in [-0.1, -0.05) is 0 Å². The van der Waals surface area contributed by atoms with Crippen LogP contribution in [0.5, 0.6) is 0 Å². The highest BCUT2D eigenvalue weighted by Crippen LogP contribution is 2.12. The molecular formula is C13H22N2O6. The van der Waals surface area contributed by atoms with Crippen molar-refractivity contribution in [3.05, 3.63) is 0 Å². The van der Waals surface area contributed by atoms with E-state index in [-0.39, 0.29) is 25.0 Å². The number of nitrogens with one attached hydrogen (secondary N) is 1. The Labute approximate surface area is 123 Å². The van der Waals surface area contributed by atoms with Gasteiger partial charge in [-0.05, 0) is 20.3 Å². The number of nitrogens with zero attached hydrogens (tertiary/aromatic N) is 1. The molecule has 8 heteroatoms. The molecule has 1 aliphatic rings. The average Bonchev–Trinajstić information content (AvgIpc) is 2.44. The molecule has 120 valence electrons. The van der Waals surface area contributed by atoms with Crippen molar-refractivity contribution in [2.24, 2.45) is 0 Å². The minimum absolute atomic E-state index is 0.0119. The quantitative estimate of drug-likeness (QED) is 0.703. The van der Waals surface area contributed by atoms with Gasteiger partial charge in [0.1, 0.15) is 6.04 Å². The topological polar surface area (TPSA) is 105 Å². The maximum Gasteiger partial charge on any atom is 0.326 e. The van der Waals surface area contributed by atoms with Crippen LogP contribution in [0.4, 0.5) is 4.79 Å². The van der Waals surface area contributed by atoms with E-state index in [4.69, 9.17) is 9.84 Å². The van der Waals surface area contributed by atoms with E-state index in [2.05, 4.69) is 10.1 Å². The Balaban J connectivity index is 2.59. The molecule has 0 aliphatic carbocycles. The fraction of sp³-hybridized carbons (Fsp3) is 0.769. The molecule has 0 saturated carbocycles. The summed E-state index contributed by atoms with van der Waals surface area (Å²) in [4.78, 5) is 35.9. The summed E-state index contributed by atoms with van der Waals surface area (Å²) in [5, 5.41) is 11.6. The summed E-state index contributed by atoms with van der Waals surface area (Å²) in [7, 11) is 1.23. The minimum atomic E-state index is -1.18. The number of amides is 2. The molecule has 2 unspecified atom stereocenters. The zero-order valence-electron chi connectivity index (χ0n) is 12.5. The fourth-order valence-electron chi connectivity index (χ4n) is 2.04. The summed E-state index contributed by atoms with van der Waals surface area (Å²) in [6.07, 6.45) is -0.171. The maximum atomic E-state index is 12.2. The Morgan fingerprint density at radius 3 is 2.67 bits per heavy atom. The van der Waals surface area contributed by atoms with Gasteiger partial charge in [-0.3, -0.25) is 4.79 Å². The van der Waals surface area contributed by atoms with Crippen LogP contribution in [0, 0.1) is 0 Å². The number of urea groups is 1. The van der Waals surface area contributed by atoms with Crippen LogP contribution in [0.1, 0.15) is 26.7 Å². The van der Waals surface area contributed by atoms with E-state index in [0.29, 0.717) is 13.2 Å². The highest BCUT2D eigenvalue weighted by atomic mass is 16.5. The lowest BCUT2D eigenvalue weighted by atomic mass is 10.1. The zero-order chi connectivity index (χ0) is 16.0. The molecule has 1 saturated heterocycles. The van der Waals surface area contributed by atoms with Crippen molar-refractivity contribution in [1.29, 1.82) is 0 Å². The molecule has 2 N–H and O–H groups in total.